The highest BCUT2D eigenvalue weighted by molar-refractivity contribution is 6.04. The predicted molar refractivity (Wildman–Crippen MR) is 107 cm³/mol. The van der Waals surface area contributed by atoms with Crippen molar-refractivity contribution in [1.82, 2.24) is 14.5 Å². The van der Waals surface area contributed by atoms with Gasteiger partial charge in [0.05, 0.1) is 23.2 Å². The lowest BCUT2D eigenvalue weighted by Gasteiger charge is -2.26. The molecule has 1 saturated heterocycles. The number of fused-ring (bicyclic) bond motifs is 1. The van der Waals surface area contributed by atoms with Crippen molar-refractivity contribution in [3.05, 3.63) is 48.3 Å². The first-order valence-corrected chi connectivity index (χ1v) is 9.38. The molecule has 1 fully saturated rings. The van der Waals surface area contributed by atoms with Gasteiger partial charge in [-0.05, 0) is 36.8 Å². The molecule has 0 atom stereocenters. The molecule has 1 aliphatic heterocycles. The molecule has 9 heteroatoms. The molecule has 2 N–H and O–H groups in total. The van der Waals surface area contributed by atoms with Crippen molar-refractivity contribution in [2.24, 2.45) is 0 Å². The third-order valence-corrected chi connectivity index (χ3v) is 4.72. The average Bonchev–Trinajstić information content (AvgIpc) is 3.09. The highest BCUT2D eigenvalue weighted by atomic mass is 16.5. The molecule has 4 rings (SSSR count). The zero-order valence-corrected chi connectivity index (χ0v) is 15.7. The number of aryl methyl sites for hydroxylation is 1. The van der Waals surface area contributed by atoms with Crippen molar-refractivity contribution in [3.8, 4) is 0 Å². The minimum absolute atomic E-state index is 0.0238. The van der Waals surface area contributed by atoms with Crippen LogP contribution in [0, 0.1) is 0 Å². The molecule has 0 saturated carbocycles. The van der Waals surface area contributed by atoms with Gasteiger partial charge in [-0.25, -0.2) is 4.98 Å². The second-order valence-corrected chi connectivity index (χ2v) is 6.63. The monoisotopic (exact) mass is 395 g/mol. The normalized spacial score (nSPS) is 14.4. The minimum Gasteiger partial charge on any atom is -0.396 e. The summed E-state index contributed by atoms with van der Waals surface area (Å²) in [6, 6.07) is 8.92. The molecule has 9 nitrogen and oxygen atoms in total. The van der Waals surface area contributed by atoms with Crippen LogP contribution in [0.4, 0.5) is 11.6 Å². The number of aliphatic hydroxyl groups excluding tert-OH is 1. The smallest absolute Gasteiger partial charge is 0.259 e. The maximum absolute atomic E-state index is 12.6. The molecule has 2 aromatic heterocycles. The van der Waals surface area contributed by atoms with Crippen LogP contribution in [0.3, 0.4) is 0 Å². The number of ether oxygens (including phenoxy) is 1. The second kappa shape index (κ2) is 8.38. The summed E-state index contributed by atoms with van der Waals surface area (Å²) in [5, 5.41) is 12.1. The number of nitrogens with zero attached hydrogens (tertiary/aromatic N) is 4. The molecule has 29 heavy (non-hydrogen) atoms. The van der Waals surface area contributed by atoms with E-state index in [1.165, 1.54) is 6.20 Å². The second-order valence-electron chi connectivity index (χ2n) is 6.63. The van der Waals surface area contributed by atoms with Gasteiger partial charge in [0.2, 0.25) is 5.95 Å². The van der Waals surface area contributed by atoms with Crippen molar-refractivity contribution in [1.29, 1.82) is 0 Å². The van der Waals surface area contributed by atoms with Crippen molar-refractivity contribution in [3.63, 3.8) is 0 Å². The van der Waals surface area contributed by atoms with E-state index in [9.17, 15) is 14.7 Å². The van der Waals surface area contributed by atoms with Crippen molar-refractivity contribution in [2.45, 2.75) is 13.0 Å². The van der Waals surface area contributed by atoms with Crippen LogP contribution < -0.4 is 10.2 Å². The van der Waals surface area contributed by atoms with E-state index < -0.39 is 0 Å². The molecular weight excluding hydrogens is 374 g/mol. The average molecular weight is 395 g/mol. The van der Waals surface area contributed by atoms with Gasteiger partial charge in [0.15, 0.2) is 0 Å². The molecule has 0 unspecified atom stereocenters. The number of nitrogens with one attached hydrogen (secondary N) is 1. The van der Waals surface area contributed by atoms with Gasteiger partial charge in [-0.1, -0.05) is 0 Å². The molecule has 0 spiro atoms. The molecule has 1 aromatic carbocycles. The predicted octanol–water partition coefficient (Wildman–Crippen LogP) is 1.43. The Bertz CT molecular complexity index is 1030. The summed E-state index contributed by atoms with van der Waals surface area (Å²) in [6.45, 7) is 1.55. The number of carbonyl (C=O) groups excluding carboxylic acids is 2. The Morgan fingerprint density at radius 1 is 1.31 bits per heavy atom. The number of morpholine rings is 1. The molecule has 2 amide bonds. The van der Waals surface area contributed by atoms with Crippen LogP contribution in [0.25, 0.3) is 11.0 Å². The Labute approximate surface area is 166 Å². The first-order chi connectivity index (χ1) is 14.2. The van der Waals surface area contributed by atoms with Crippen LogP contribution in [0.2, 0.25) is 0 Å². The van der Waals surface area contributed by atoms with Gasteiger partial charge in [0.1, 0.15) is 6.61 Å². The maximum Gasteiger partial charge on any atom is 0.259 e. The highest BCUT2D eigenvalue weighted by Crippen LogP contribution is 2.26. The number of imidazole rings is 1. The van der Waals surface area contributed by atoms with Gasteiger partial charge in [0, 0.05) is 37.8 Å². The molecule has 0 bridgehead atoms. The molecule has 150 valence electrons. The van der Waals surface area contributed by atoms with Crippen LogP contribution >= 0.6 is 0 Å². The fourth-order valence-corrected chi connectivity index (χ4v) is 3.30. The van der Waals surface area contributed by atoms with Crippen molar-refractivity contribution in [2.75, 3.05) is 36.6 Å². The van der Waals surface area contributed by atoms with E-state index in [1.54, 1.807) is 23.2 Å². The summed E-state index contributed by atoms with van der Waals surface area (Å²) in [7, 11) is 0. The third kappa shape index (κ3) is 3.96. The van der Waals surface area contributed by atoms with E-state index >= 15 is 0 Å². The lowest BCUT2D eigenvalue weighted by atomic mass is 10.2. The van der Waals surface area contributed by atoms with E-state index in [-0.39, 0.29) is 25.0 Å². The Balaban J connectivity index is 1.68. The number of benzene rings is 1. The Morgan fingerprint density at radius 2 is 2.21 bits per heavy atom. The SMILES string of the molecule is O=C(Nc1nc2cc(N3CCOCC3=O)ccc2n1CCCO)c1cccnc1. The molecular formula is C20H21N5O4. The Kier molecular flexibility index (Phi) is 5.50. The first-order valence-electron chi connectivity index (χ1n) is 9.38. The summed E-state index contributed by atoms with van der Waals surface area (Å²) in [5.74, 6) is -0.0320. The largest absolute Gasteiger partial charge is 0.396 e. The zero-order valence-electron chi connectivity index (χ0n) is 15.7. The van der Waals surface area contributed by atoms with E-state index in [4.69, 9.17) is 4.74 Å². The number of amides is 2. The first kappa shape index (κ1) is 19.0. The highest BCUT2D eigenvalue weighted by Gasteiger charge is 2.22. The van der Waals surface area contributed by atoms with Gasteiger partial charge in [0.25, 0.3) is 11.8 Å². The number of carbonyl (C=O) groups is 2. The quantitative estimate of drug-likeness (QED) is 0.653. The van der Waals surface area contributed by atoms with Gasteiger partial charge >= 0.3 is 0 Å². The van der Waals surface area contributed by atoms with Crippen LogP contribution in [0.1, 0.15) is 16.8 Å². The third-order valence-electron chi connectivity index (χ3n) is 4.72. The van der Waals surface area contributed by atoms with Crippen LogP contribution in [-0.4, -0.2) is 57.8 Å². The summed E-state index contributed by atoms with van der Waals surface area (Å²) in [4.78, 5) is 34.9. The van der Waals surface area contributed by atoms with Crippen LogP contribution in [-0.2, 0) is 16.1 Å². The summed E-state index contributed by atoms with van der Waals surface area (Å²) in [6.07, 6.45) is 3.60. The molecule has 0 radical (unpaired) electrons. The summed E-state index contributed by atoms with van der Waals surface area (Å²) < 4.78 is 7.04. The number of hydrogen-bond donors (Lipinski definition) is 2. The van der Waals surface area contributed by atoms with Crippen LogP contribution in [0.15, 0.2) is 42.7 Å². The molecule has 0 aliphatic carbocycles. The lowest BCUT2D eigenvalue weighted by Crippen LogP contribution is -2.41. The number of aromatic nitrogens is 3. The van der Waals surface area contributed by atoms with Gasteiger partial charge < -0.3 is 19.3 Å². The number of rotatable bonds is 6. The van der Waals surface area contributed by atoms with Gasteiger partial charge in [-0.2, -0.15) is 0 Å². The number of hydrogen-bond acceptors (Lipinski definition) is 6. The van der Waals surface area contributed by atoms with Gasteiger partial charge in [-0.15, -0.1) is 0 Å². The number of anilines is 2. The minimum atomic E-state index is -0.317. The van der Waals surface area contributed by atoms with Crippen LogP contribution in [0.5, 0.6) is 0 Å². The van der Waals surface area contributed by atoms with E-state index in [0.717, 1.165) is 11.2 Å². The number of aliphatic hydroxyl groups is 1. The van der Waals surface area contributed by atoms with Crippen molar-refractivity contribution >= 4 is 34.5 Å². The lowest BCUT2D eigenvalue weighted by molar-refractivity contribution is -0.125. The Hall–Kier alpha value is -3.30. The molecule has 3 aromatic rings. The number of pyridine rings is 1. The fourth-order valence-electron chi connectivity index (χ4n) is 3.30. The maximum atomic E-state index is 12.6. The standard InChI is InChI=1S/C20H21N5O4/c26-9-2-7-25-17-5-4-15(24-8-10-29-13-18(24)27)11-16(17)22-20(25)23-19(28)14-3-1-6-21-12-14/h1,3-6,11-12,26H,2,7-10,13H2,(H,22,23,28). The topological polar surface area (TPSA) is 110 Å². The summed E-state index contributed by atoms with van der Waals surface area (Å²) >= 11 is 0. The summed E-state index contributed by atoms with van der Waals surface area (Å²) in [5.41, 5.74) is 2.63. The molecule has 3 heterocycles. The Morgan fingerprint density at radius 3 is 2.97 bits per heavy atom. The van der Waals surface area contributed by atoms with Crippen molar-refractivity contribution < 1.29 is 19.4 Å². The molecule has 1 aliphatic rings. The van der Waals surface area contributed by atoms with E-state index in [2.05, 4.69) is 15.3 Å². The zero-order chi connectivity index (χ0) is 20.2. The van der Waals surface area contributed by atoms with E-state index in [0.29, 0.717) is 43.1 Å². The van der Waals surface area contributed by atoms with E-state index in [1.807, 2.05) is 22.8 Å². The fraction of sp³-hybridized carbons (Fsp3) is 0.300. The van der Waals surface area contributed by atoms with Gasteiger partial charge in [-0.3, -0.25) is 19.9 Å².